The van der Waals surface area contributed by atoms with Crippen LogP contribution in [0.15, 0.2) is 36.0 Å². The SMILES string of the molecule is O=C(O)/C=C(/Nc1cccc(Cl)c1)C(=O)O. The van der Waals surface area contributed by atoms with Crippen LogP contribution in [0.1, 0.15) is 0 Å². The van der Waals surface area contributed by atoms with Crippen LogP contribution in [0, 0.1) is 0 Å². The van der Waals surface area contributed by atoms with Gasteiger partial charge in [-0.05, 0) is 18.2 Å². The van der Waals surface area contributed by atoms with Crippen molar-refractivity contribution in [2.75, 3.05) is 5.32 Å². The minimum atomic E-state index is -1.36. The first kappa shape index (κ1) is 12.1. The highest BCUT2D eigenvalue weighted by Crippen LogP contribution is 2.16. The maximum Gasteiger partial charge on any atom is 0.352 e. The van der Waals surface area contributed by atoms with Gasteiger partial charge in [-0.2, -0.15) is 0 Å². The molecule has 1 aromatic rings. The van der Waals surface area contributed by atoms with Crippen molar-refractivity contribution < 1.29 is 19.8 Å². The Labute approximate surface area is 96.0 Å². The summed E-state index contributed by atoms with van der Waals surface area (Å²) < 4.78 is 0. The first-order chi connectivity index (χ1) is 7.49. The molecule has 0 heterocycles. The molecule has 16 heavy (non-hydrogen) atoms. The number of nitrogens with one attached hydrogen (secondary N) is 1. The standard InChI is InChI=1S/C10H8ClNO4/c11-6-2-1-3-7(4-6)12-8(10(15)16)5-9(13)14/h1-5,12H,(H,13,14)(H,15,16)/b8-5+. The van der Waals surface area contributed by atoms with E-state index in [1.165, 1.54) is 6.07 Å². The van der Waals surface area contributed by atoms with Crippen molar-refractivity contribution in [1.82, 2.24) is 0 Å². The molecule has 6 heteroatoms. The van der Waals surface area contributed by atoms with Crippen molar-refractivity contribution in [3.8, 4) is 0 Å². The number of carboxylic acids is 2. The maximum absolute atomic E-state index is 10.7. The molecule has 0 aliphatic carbocycles. The van der Waals surface area contributed by atoms with Gasteiger partial charge in [0.25, 0.3) is 0 Å². The molecule has 0 radical (unpaired) electrons. The number of hydrogen-bond donors (Lipinski definition) is 3. The molecule has 3 N–H and O–H groups in total. The third-order valence-electron chi connectivity index (χ3n) is 1.60. The zero-order valence-electron chi connectivity index (χ0n) is 7.98. The summed E-state index contributed by atoms with van der Waals surface area (Å²) in [7, 11) is 0. The first-order valence-electron chi connectivity index (χ1n) is 4.19. The largest absolute Gasteiger partial charge is 0.478 e. The van der Waals surface area contributed by atoms with Crippen molar-refractivity contribution >= 4 is 29.2 Å². The Kier molecular flexibility index (Phi) is 3.90. The average molecular weight is 242 g/mol. The summed E-state index contributed by atoms with van der Waals surface area (Å²) in [5.41, 5.74) is -0.0304. The Hall–Kier alpha value is -2.01. The van der Waals surface area contributed by atoms with Gasteiger partial charge in [0.1, 0.15) is 5.70 Å². The van der Waals surface area contributed by atoms with Crippen molar-refractivity contribution in [1.29, 1.82) is 0 Å². The molecule has 0 bridgehead atoms. The lowest BCUT2D eigenvalue weighted by Crippen LogP contribution is -2.12. The van der Waals surface area contributed by atoms with Crippen molar-refractivity contribution in [2.45, 2.75) is 0 Å². The van der Waals surface area contributed by atoms with E-state index in [-0.39, 0.29) is 0 Å². The lowest BCUT2D eigenvalue weighted by Gasteiger charge is -2.06. The molecule has 84 valence electrons. The minimum Gasteiger partial charge on any atom is -0.478 e. The van der Waals surface area contributed by atoms with Gasteiger partial charge >= 0.3 is 11.9 Å². The van der Waals surface area contributed by atoms with Gasteiger partial charge in [-0.3, -0.25) is 0 Å². The predicted octanol–water partition coefficient (Wildman–Crippen LogP) is 1.80. The Morgan fingerprint density at radius 1 is 1.31 bits per heavy atom. The van der Waals surface area contributed by atoms with E-state index in [0.29, 0.717) is 16.8 Å². The van der Waals surface area contributed by atoms with E-state index in [2.05, 4.69) is 5.32 Å². The number of hydrogen-bond acceptors (Lipinski definition) is 3. The van der Waals surface area contributed by atoms with Crippen LogP contribution in [0.2, 0.25) is 5.02 Å². The summed E-state index contributed by atoms with van der Waals surface area (Å²) in [5.74, 6) is -2.70. The molecule has 0 saturated carbocycles. The second-order valence-electron chi connectivity index (χ2n) is 2.84. The summed E-state index contributed by atoms with van der Waals surface area (Å²) in [5, 5.41) is 20.1. The van der Waals surface area contributed by atoms with Gasteiger partial charge in [0.05, 0.1) is 6.08 Å². The molecule has 0 aliphatic rings. The Morgan fingerprint density at radius 3 is 2.50 bits per heavy atom. The summed E-state index contributed by atoms with van der Waals surface area (Å²) in [6.07, 6.45) is 0.573. The summed E-state index contributed by atoms with van der Waals surface area (Å²) in [4.78, 5) is 21.1. The second-order valence-corrected chi connectivity index (χ2v) is 3.27. The average Bonchev–Trinajstić information content (AvgIpc) is 2.15. The van der Waals surface area contributed by atoms with Crippen LogP contribution in [0.5, 0.6) is 0 Å². The fraction of sp³-hybridized carbons (Fsp3) is 0. The molecule has 0 atom stereocenters. The van der Waals surface area contributed by atoms with Crippen LogP contribution in [-0.4, -0.2) is 22.2 Å². The predicted molar refractivity (Wildman–Crippen MR) is 58.4 cm³/mol. The van der Waals surface area contributed by atoms with Gasteiger partial charge in [0, 0.05) is 10.7 Å². The van der Waals surface area contributed by atoms with Crippen molar-refractivity contribution in [3.63, 3.8) is 0 Å². The van der Waals surface area contributed by atoms with Gasteiger partial charge in [-0.15, -0.1) is 0 Å². The molecule has 1 aromatic carbocycles. The quantitative estimate of drug-likeness (QED) is 0.700. The number of anilines is 1. The zero-order chi connectivity index (χ0) is 12.1. The molecule has 5 nitrogen and oxygen atoms in total. The molecular formula is C10H8ClNO4. The summed E-state index contributed by atoms with van der Waals surface area (Å²) >= 11 is 5.69. The molecule has 0 saturated heterocycles. The highest BCUT2D eigenvalue weighted by atomic mass is 35.5. The van der Waals surface area contributed by atoms with E-state index in [0.717, 1.165) is 0 Å². The van der Waals surface area contributed by atoms with Crippen LogP contribution in [0.25, 0.3) is 0 Å². The van der Waals surface area contributed by atoms with Gasteiger partial charge in [0.2, 0.25) is 0 Å². The number of carbonyl (C=O) groups is 2. The highest BCUT2D eigenvalue weighted by molar-refractivity contribution is 6.30. The lowest BCUT2D eigenvalue weighted by molar-refractivity contribution is -0.134. The molecule has 0 spiro atoms. The fourth-order valence-corrected chi connectivity index (χ4v) is 1.19. The highest BCUT2D eigenvalue weighted by Gasteiger charge is 2.09. The number of halogens is 1. The Balaban J connectivity index is 2.93. The first-order valence-corrected chi connectivity index (χ1v) is 4.57. The molecule has 0 aromatic heterocycles. The van der Waals surface area contributed by atoms with Crippen LogP contribution < -0.4 is 5.32 Å². The molecular weight excluding hydrogens is 234 g/mol. The van der Waals surface area contributed by atoms with Gasteiger partial charge in [-0.25, -0.2) is 9.59 Å². The van der Waals surface area contributed by atoms with E-state index in [1.54, 1.807) is 18.2 Å². The number of rotatable bonds is 4. The number of aliphatic carboxylic acids is 2. The zero-order valence-corrected chi connectivity index (χ0v) is 8.73. The summed E-state index contributed by atoms with van der Waals surface area (Å²) in [6.45, 7) is 0. The van der Waals surface area contributed by atoms with Crippen molar-refractivity contribution in [3.05, 3.63) is 41.1 Å². The number of carboxylic acid groups (broad SMARTS) is 2. The molecule has 0 fully saturated rings. The van der Waals surface area contributed by atoms with Crippen LogP contribution in [0.3, 0.4) is 0 Å². The second kappa shape index (κ2) is 5.18. The van der Waals surface area contributed by atoms with E-state index in [4.69, 9.17) is 21.8 Å². The van der Waals surface area contributed by atoms with Crippen molar-refractivity contribution in [2.24, 2.45) is 0 Å². The van der Waals surface area contributed by atoms with Gasteiger partial charge in [0.15, 0.2) is 0 Å². The van der Waals surface area contributed by atoms with Gasteiger partial charge < -0.3 is 15.5 Å². The van der Waals surface area contributed by atoms with E-state index in [1.807, 2.05) is 0 Å². The lowest BCUT2D eigenvalue weighted by atomic mass is 10.3. The molecule has 1 rings (SSSR count). The molecule has 0 aliphatic heterocycles. The molecule has 0 unspecified atom stereocenters. The van der Waals surface area contributed by atoms with Crippen LogP contribution in [-0.2, 0) is 9.59 Å². The van der Waals surface area contributed by atoms with E-state index >= 15 is 0 Å². The third kappa shape index (κ3) is 3.62. The van der Waals surface area contributed by atoms with E-state index < -0.39 is 17.6 Å². The Morgan fingerprint density at radius 2 is 2.00 bits per heavy atom. The Bertz CT molecular complexity index is 456. The smallest absolute Gasteiger partial charge is 0.352 e. The minimum absolute atomic E-state index is 0.405. The van der Waals surface area contributed by atoms with Gasteiger partial charge in [-0.1, -0.05) is 17.7 Å². The van der Waals surface area contributed by atoms with E-state index in [9.17, 15) is 9.59 Å². The summed E-state index contributed by atoms with van der Waals surface area (Å²) in [6, 6.07) is 6.30. The van der Waals surface area contributed by atoms with Crippen LogP contribution in [0.4, 0.5) is 5.69 Å². The maximum atomic E-state index is 10.7. The normalized spacial score (nSPS) is 10.9. The molecule has 0 amide bonds. The van der Waals surface area contributed by atoms with Crippen LogP contribution >= 0.6 is 11.6 Å². The topological polar surface area (TPSA) is 86.6 Å². The number of benzene rings is 1. The monoisotopic (exact) mass is 241 g/mol. The fourth-order valence-electron chi connectivity index (χ4n) is 0.997. The third-order valence-corrected chi connectivity index (χ3v) is 1.84.